The Kier molecular flexibility index (Phi) is 10.3. The molecule has 3 rings (SSSR count). The molecule has 0 aliphatic heterocycles. The van der Waals surface area contributed by atoms with Crippen LogP contribution in [-0.4, -0.2) is 43.4 Å². The van der Waals surface area contributed by atoms with Crippen LogP contribution in [0.2, 0.25) is 0 Å². The highest BCUT2D eigenvalue weighted by Crippen LogP contribution is 2.29. The van der Waals surface area contributed by atoms with E-state index in [4.69, 9.17) is 13.9 Å². The monoisotopic (exact) mass is 552 g/mol. The average Bonchev–Trinajstić information content (AvgIpc) is 3.30. The molecule has 0 amide bonds. The van der Waals surface area contributed by atoms with Crippen LogP contribution in [0.4, 0.5) is 0 Å². The first-order chi connectivity index (χ1) is 15.1. The topological polar surface area (TPSA) is 101 Å². The number of aliphatic hydroxyl groups excluding tert-OH is 1. The number of nitrogens with zero attached hydrogens (tertiary/aromatic N) is 2. The lowest BCUT2D eigenvalue weighted by Crippen LogP contribution is -2.39. The van der Waals surface area contributed by atoms with E-state index in [1.165, 1.54) is 0 Å². The average molecular weight is 552 g/mol. The summed E-state index contributed by atoms with van der Waals surface area (Å²) in [6.07, 6.45) is 0.855. The minimum Gasteiger partial charge on any atom is -0.493 e. The number of guanidine groups is 1. The van der Waals surface area contributed by atoms with Crippen LogP contribution >= 0.6 is 24.0 Å². The molecule has 32 heavy (non-hydrogen) atoms. The van der Waals surface area contributed by atoms with Crippen molar-refractivity contribution in [3.63, 3.8) is 0 Å². The lowest BCUT2D eigenvalue weighted by molar-refractivity contribution is 0.180. The third-order valence-corrected chi connectivity index (χ3v) is 4.57. The maximum absolute atomic E-state index is 10.6. The zero-order valence-corrected chi connectivity index (χ0v) is 20.7. The molecular formula is C23H29IN4O4. The highest BCUT2D eigenvalue weighted by atomic mass is 127. The molecule has 1 heterocycles. The van der Waals surface area contributed by atoms with Crippen molar-refractivity contribution in [2.24, 2.45) is 4.99 Å². The maximum atomic E-state index is 10.6. The molecular weight excluding hydrogens is 523 g/mol. The van der Waals surface area contributed by atoms with E-state index in [1.54, 1.807) is 38.7 Å². The van der Waals surface area contributed by atoms with E-state index in [9.17, 15) is 5.11 Å². The van der Waals surface area contributed by atoms with Gasteiger partial charge in [0.25, 0.3) is 0 Å². The molecule has 0 saturated carbocycles. The lowest BCUT2D eigenvalue weighted by atomic mass is 10.1. The Balaban J connectivity index is 0.00000363. The van der Waals surface area contributed by atoms with Crippen LogP contribution in [-0.2, 0) is 6.54 Å². The van der Waals surface area contributed by atoms with E-state index in [-0.39, 0.29) is 30.5 Å². The van der Waals surface area contributed by atoms with Gasteiger partial charge >= 0.3 is 0 Å². The minimum absolute atomic E-state index is 0. The van der Waals surface area contributed by atoms with Gasteiger partial charge in [0, 0.05) is 18.7 Å². The molecule has 0 aliphatic rings. The summed E-state index contributed by atoms with van der Waals surface area (Å²) in [6, 6.07) is 15.0. The molecule has 172 valence electrons. The summed E-state index contributed by atoms with van der Waals surface area (Å²) in [5.41, 5.74) is 2.35. The number of methoxy groups -OCH3 is 2. The number of aliphatic imine (C=N–C) groups is 1. The Morgan fingerprint density at radius 3 is 2.53 bits per heavy atom. The number of benzene rings is 2. The van der Waals surface area contributed by atoms with Crippen LogP contribution < -0.4 is 20.1 Å². The van der Waals surface area contributed by atoms with Gasteiger partial charge in [0.15, 0.2) is 17.5 Å². The molecule has 3 aromatic rings. The van der Waals surface area contributed by atoms with Gasteiger partial charge in [0.05, 0.1) is 26.9 Å². The second-order valence-corrected chi connectivity index (χ2v) is 6.72. The quantitative estimate of drug-likeness (QED) is 0.211. The van der Waals surface area contributed by atoms with Crippen molar-refractivity contribution in [2.45, 2.75) is 19.6 Å². The second kappa shape index (κ2) is 12.9. The van der Waals surface area contributed by atoms with E-state index < -0.39 is 6.10 Å². The van der Waals surface area contributed by atoms with Crippen molar-refractivity contribution in [2.75, 3.05) is 27.3 Å². The van der Waals surface area contributed by atoms with Gasteiger partial charge in [0.1, 0.15) is 12.0 Å². The normalized spacial score (nSPS) is 11.9. The molecule has 1 unspecified atom stereocenters. The van der Waals surface area contributed by atoms with Crippen LogP contribution in [0, 0.1) is 0 Å². The van der Waals surface area contributed by atoms with Gasteiger partial charge in [-0.2, -0.15) is 0 Å². The van der Waals surface area contributed by atoms with Crippen molar-refractivity contribution in [1.29, 1.82) is 0 Å². The predicted octanol–water partition coefficient (Wildman–Crippen LogP) is 3.77. The lowest BCUT2D eigenvalue weighted by Gasteiger charge is -2.17. The fourth-order valence-corrected chi connectivity index (χ4v) is 2.97. The van der Waals surface area contributed by atoms with Gasteiger partial charge < -0.3 is 29.6 Å². The molecule has 0 radical (unpaired) electrons. The Labute approximate surface area is 205 Å². The molecule has 3 N–H and O–H groups in total. The van der Waals surface area contributed by atoms with E-state index in [0.29, 0.717) is 42.0 Å². The van der Waals surface area contributed by atoms with Crippen molar-refractivity contribution in [3.8, 4) is 23.0 Å². The standard InChI is InChI=1S/C23H28N4O4.HI/c1-4-24-23(25-13-18-15-31-22(27-18)16-8-6-5-7-9-16)26-14-19(28)17-10-11-20(29-2)21(12-17)30-3;/h5-12,15,19,28H,4,13-14H2,1-3H3,(H2,24,25,26);1H. The molecule has 1 atom stereocenters. The van der Waals surface area contributed by atoms with E-state index in [2.05, 4.69) is 20.6 Å². The van der Waals surface area contributed by atoms with E-state index in [0.717, 1.165) is 11.3 Å². The highest BCUT2D eigenvalue weighted by molar-refractivity contribution is 14.0. The Bertz CT molecular complexity index is 995. The fourth-order valence-electron chi connectivity index (χ4n) is 2.97. The Hall–Kier alpha value is -2.79. The summed E-state index contributed by atoms with van der Waals surface area (Å²) in [5, 5.41) is 16.9. The number of hydrogen-bond donors (Lipinski definition) is 3. The maximum Gasteiger partial charge on any atom is 0.226 e. The molecule has 9 heteroatoms. The van der Waals surface area contributed by atoms with E-state index >= 15 is 0 Å². The number of halogens is 1. The van der Waals surface area contributed by atoms with Gasteiger partial charge in [-0.25, -0.2) is 9.98 Å². The number of oxazole rings is 1. The van der Waals surface area contributed by atoms with Crippen molar-refractivity contribution >= 4 is 29.9 Å². The van der Waals surface area contributed by atoms with Gasteiger partial charge in [-0.05, 0) is 36.8 Å². The van der Waals surface area contributed by atoms with Crippen LogP contribution in [0.5, 0.6) is 11.5 Å². The molecule has 0 aliphatic carbocycles. The van der Waals surface area contributed by atoms with Gasteiger partial charge in [0.2, 0.25) is 5.89 Å². The molecule has 0 saturated heterocycles. The first kappa shape index (κ1) is 25.5. The summed E-state index contributed by atoms with van der Waals surface area (Å²) in [7, 11) is 3.14. The van der Waals surface area contributed by atoms with Gasteiger partial charge in [-0.15, -0.1) is 24.0 Å². The number of nitrogens with one attached hydrogen (secondary N) is 2. The van der Waals surface area contributed by atoms with Crippen molar-refractivity contribution in [3.05, 3.63) is 66.1 Å². The van der Waals surface area contributed by atoms with Crippen LogP contribution in [0.25, 0.3) is 11.5 Å². The molecule has 0 bridgehead atoms. The number of ether oxygens (including phenoxy) is 2. The second-order valence-electron chi connectivity index (χ2n) is 6.72. The summed E-state index contributed by atoms with van der Waals surface area (Å²) < 4.78 is 16.1. The Morgan fingerprint density at radius 1 is 1.09 bits per heavy atom. The van der Waals surface area contributed by atoms with Crippen LogP contribution in [0.3, 0.4) is 0 Å². The van der Waals surface area contributed by atoms with Crippen molar-refractivity contribution in [1.82, 2.24) is 15.6 Å². The third-order valence-electron chi connectivity index (χ3n) is 4.57. The minimum atomic E-state index is -0.750. The Morgan fingerprint density at radius 2 is 1.84 bits per heavy atom. The largest absolute Gasteiger partial charge is 0.493 e. The number of rotatable bonds is 9. The summed E-state index contributed by atoms with van der Waals surface area (Å²) >= 11 is 0. The third kappa shape index (κ3) is 6.86. The zero-order valence-electron chi connectivity index (χ0n) is 18.4. The van der Waals surface area contributed by atoms with Gasteiger partial charge in [-0.3, -0.25) is 0 Å². The van der Waals surface area contributed by atoms with Crippen LogP contribution in [0.15, 0.2) is 64.2 Å². The smallest absolute Gasteiger partial charge is 0.226 e. The number of hydrogen-bond acceptors (Lipinski definition) is 6. The highest BCUT2D eigenvalue weighted by Gasteiger charge is 2.13. The van der Waals surface area contributed by atoms with Gasteiger partial charge in [-0.1, -0.05) is 24.3 Å². The SMILES string of the molecule is CCNC(=NCc1coc(-c2ccccc2)n1)NCC(O)c1ccc(OC)c(OC)c1.I. The van der Waals surface area contributed by atoms with Crippen molar-refractivity contribution < 1.29 is 19.0 Å². The molecule has 2 aromatic carbocycles. The molecule has 8 nitrogen and oxygen atoms in total. The molecule has 0 spiro atoms. The molecule has 0 fully saturated rings. The van der Waals surface area contributed by atoms with Crippen LogP contribution in [0.1, 0.15) is 24.3 Å². The number of aliphatic hydroxyl groups is 1. The first-order valence-corrected chi connectivity index (χ1v) is 10.1. The zero-order chi connectivity index (χ0) is 22.1. The van der Waals surface area contributed by atoms with E-state index in [1.807, 2.05) is 37.3 Å². The summed E-state index contributed by atoms with van der Waals surface area (Å²) in [6.45, 7) is 3.28. The summed E-state index contributed by atoms with van der Waals surface area (Å²) in [5.74, 6) is 2.32. The fraction of sp³-hybridized carbons (Fsp3) is 0.304. The predicted molar refractivity (Wildman–Crippen MR) is 135 cm³/mol. The number of aromatic nitrogens is 1. The molecule has 1 aromatic heterocycles. The summed E-state index contributed by atoms with van der Waals surface area (Å²) in [4.78, 5) is 9.02. The first-order valence-electron chi connectivity index (χ1n) is 10.1.